The lowest BCUT2D eigenvalue weighted by atomic mass is 10.1. The molecule has 0 aliphatic carbocycles. The molecule has 3 aromatic carbocycles. The second kappa shape index (κ2) is 12.6. The van der Waals surface area contributed by atoms with E-state index in [-0.39, 0.29) is 17.4 Å². The van der Waals surface area contributed by atoms with Gasteiger partial charge in [-0.2, -0.15) is 0 Å². The zero-order chi connectivity index (χ0) is 24.3. The Balaban J connectivity index is 1.66. The number of carbonyl (C=O) groups excluding carboxylic acids is 2. The molecule has 4 nitrogen and oxygen atoms in total. The van der Waals surface area contributed by atoms with Crippen molar-refractivity contribution in [2.24, 2.45) is 0 Å². The summed E-state index contributed by atoms with van der Waals surface area (Å²) in [5.74, 6) is 5.97. The fourth-order valence-electron chi connectivity index (χ4n) is 2.97. The van der Waals surface area contributed by atoms with Crippen molar-refractivity contribution in [3.8, 4) is 11.8 Å². The third-order valence-corrected chi connectivity index (χ3v) is 5.64. The molecule has 0 heterocycles. The highest BCUT2D eigenvalue weighted by Crippen LogP contribution is 2.20. The van der Waals surface area contributed by atoms with Crippen LogP contribution in [0.4, 0.5) is 14.5 Å². The molecule has 0 aliphatic heterocycles. The van der Waals surface area contributed by atoms with Crippen LogP contribution >= 0.6 is 11.9 Å². The first-order chi connectivity index (χ1) is 16.5. The Morgan fingerprint density at radius 1 is 0.912 bits per heavy atom. The van der Waals surface area contributed by atoms with Gasteiger partial charge in [-0.05, 0) is 55.0 Å². The lowest BCUT2D eigenvalue weighted by molar-refractivity contribution is 0.0985. The van der Waals surface area contributed by atoms with Crippen LogP contribution in [0.1, 0.15) is 63.6 Å². The van der Waals surface area contributed by atoms with Crippen LogP contribution in [0.25, 0.3) is 0 Å². The zero-order valence-electron chi connectivity index (χ0n) is 18.6. The fourth-order valence-corrected chi connectivity index (χ4v) is 3.75. The number of carbonyl (C=O) groups is 2. The van der Waals surface area contributed by atoms with Crippen LogP contribution in [0.15, 0.2) is 72.8 Å². The number of amides is 2. The molecule has 7 heteroatoms. The molecule has 0 aromatic heterocycles. The monoisotopic (exact) mass is 478 g/mol. The van der Waals surface area contributed by atoms with Crippen LogP contribution < -0.4 is 10.0 Å². The summed E-state index contributed by atoms with van der Waals surface area (Å²) < 4.78 is 28.5. The molecule has 3 rings (SSSR count). The number of rotatable bonds is 8. The molecule has 0 aliphatic rings. The molecule has 0 fully saturated rings. The van der Waals surface area contributed by atoms with Crippen molar-refractivity contribution < 1.29 is 18.4 Å². The average molecular weight is 479 g/mol. The minimum absolute atomic E-state index is 0.0765. The molecule has 0 spiro atoms. The average Bonchev–Trinajstić information content (AvgIpc) is 2.86. The van der Waals surface area contributed by atoms with Gasteiger partial charge in [0.2, 0.25) is 0 Å². The van der Waals surface area contributed by atoms with E-state index < -0.39 is 6.43 Å². The van der Waals surface area contributed by atoms with Gasteiger partial charge in [-0.25, -0.2) is 8.78 Å². The summed E-state index contributed by atoms with van der Waals surface area (Å²) in [6.07, 6.45) is -0.493. The van der Waals surface area contributed by atoms with E-state index in [9.17, 15) is 18.4 Å². The molecule has 34 heavy (non-hydrogen) atoms. The first-order valence-electron chi connectivity index (χ1n) is 10.8. The highest BCUT2D eigenvalue weighted by Gasteiger charge is 2.14. The Morgan fingerprint density at radius 2 is 1.65 bits per heavy atom. The predicted molar refractivity (Wildman–Crippen MR) is 133 cm³/mol. The van der Waals surface area contributed by atoms with Gasteiger partial charge in [0.15, 0.2) is 0 Å². The van der Waals surface area contributed by atoms with Crippen LogP contribution in [-0.2, 0) is 0 Å². The molecule has 0 atom stereocenters. The van der Waals surface area contributed by atoms with E-state index in [4.69, 9.17) is 0 Å². The number of unbranched alkanes of at least 4 members (excludes halogenated alkanes) is 1. The number of benzene rings is 3. The van der Waals surface area contributed by atoms with Crippen molar-refractivity contribution in [3.05, 3.63) is 101 Å². The normalized spacial score (nSPS) is 10.4. The number of hydrogen-bond donors (Lipinski definition) is 2. The Labute approximate surface area is 202 Å². The van der Waals surface area contributed by atoms with Gasteiger partial charge >= 0.3 is 0 Å². The van der Waals surface area contributed by atoms with Crippen LogP contribution in [-0.4, -0.2) is 17.6 Å². The van der Waals surface area contributed by atoms with Gasteiger partial charge in [-0.1, -0.05) is 61.4 Å². The first kappa shape index (κ1) is 25.0. The number of halogens is 2. The molecular weight excluding hydrogens is 454 g/mol. The van der Waals surface area contributed by atoms with E-state index in [1.54, 1.807) is 60.7 Å². The third-order valence-electron chi connectivity index (χ3n) is 4.82. The van der Waals surface area contributed by atoms with Crippen molar-refractivity contribution in [2.75, 3.05) is 11.1 Å². The maximum Gasteiger partial charge on any atom is 0.263 e. The van der Waals surface area contributed by atoms with Gasteiger partial charge in [-0.15, -0.1) is 0 Å². The molecular formula is C27H24F2N2O2S. The summed E-state index contributed by atoms with van der Waals surface area (Å²) in [5, 5.41) is 2.79. The van der Waals surface area contributed by atoms with Crippen LogP contribution in [0.2, 0.25) is 0 Å². The second-order valence-corrected chi connectivity index (χ2v) is 8.29. The molecule has 3 aromatic rings. The summed E-state index contributed by atoms with van der Waals surface area (Å²) in [6, 6.07) is 19.4. The third kappa shape index (κ3) is 7.19. The topological polar surface area (TPSA) is 58.2 Å². The number of anilines is 1. The van der Waals surface area contributed by atoms with Crippen LogP contribution in [0.3, 0.4) is 0 Å². The second-order valence-electron chi connectivity index (χ2n) is 7.39. The maximum absolute atomic E-state index is 12.8. The summed E-state index contributed by atoms with van der Waals surface area (Å²) in [5.41, 5.74) is 2.26. The quantitative estimate of drug-likeness (QED) is 0.222. The van der Waals surface area contributed by atoms with E-state index in [0.717, 1.165) is 18.6 Å². The van der Waals surface area contributed by atoms with Crippen molar-refractivity contribution in [1.82, 2.24) is 4.72 Å². The lowest BCUT2D eigenvalue weighted by Gasteiger charge is -2.11. The van der Waals surface area contributed by atoms with E-state index in [2.05, 4.69) is 28.8 Å². The van der Waals surface area contributed by atoms with Crippen molar-refractivity contribution >= 4 is 29.4 Å². The summed E-state index contributed by atoms with van der Waals surface area (Å²) in [4.78, 5) is 25.2. The lowest BCUT2D eigenvalue weighted by Crippen LogP contribution is -2.20. The predicted octanol–water partition coefficient (Wildman–Crippen LogP) is 6.45. The number of nitrogens with one attached hydrogen (secondary N) is 2. The SMILES string of the molecule is CCCCSNC(=O)c1ccccc1NC(=O)c1ccc(C#Cc2cccc(C(F)F)c2)cc1. The highest BCUT2D eigenvalue weighted by molar-refractivity contribution is 7.97. The molecule has 0 bridgehead atoms. The largest absolute Gasteiger partial charge is 0.321 e. The Kier molecular flexibility index (Phi) is 9.24. The summed E-state index contributed by atoms with van der Waals surface area (Å²) in [7, 11) is 0. The molecule has 2 N–H and O–H groups in total. The van der Waals surface area contributed by atoms with Crippen LogP contribution in [0.5, 0.6) is 0 Å². The Bertz CT molecular complexity index is 1200. The standard InChI is InChI=1S/C27H24F2N2O2S/c1-2-3-17-34-31-27(33)23-9-4-5-10-24(23)30-26(32)21-15-13-19(14-16-21)11-12-20-7-6-8-22(18-20)25(28)29/h4-10,13-16,18,25H,2-3,17H2,1H3,(H,30,32)(H,31,33). The van der Waals surface area contributed by atoms with Gasteiger partial charge in [0.1, 0.15) is 0 Å². The maximum atomic E-state index is 12.8. The first-order valence-corrected chi connectivity index (χ1v) is 11.8. The van der Waals surface area contributed by atoms with Gasteiger partial charge in [0.05, 0.1) is 11.3 Å². The summed E-state index contributed by atoms with van der Waals surface area (Å²) >= 11 is 1.35. The molecule has 0 unspecified atom stereocenters. The zero-order valence-corrected chi connectivity index (χ0v) is 19.4. The van der Waals surface area contributed by atoms with E-state index >= 15 is 0 Å². The van der Waals surface area contributed by atoms with Crippen molar-refractivity contribution in [3.63, 3.8) is 0 Å². The molecule has 0 radical (unpaired) electrons. The van der Waals surface area contributed by atoms with Crippen molar-refractivity contribution in [1.29, 1.82) is 0 Å². The number of para-hydroxylation sites is 1. The van der Waals surface area contributed by atoms with Crippen molar-refractivity contribution in [2.45, 2.75) is 26.2 Å². The van der Waals surface area contributed by atoms with Gasteiger partial charge < -0.3 is 5.32 Å². The Morgan fingerprint density at radius 3 is 2.38 bits per heavy atom. The molecule has 2 amide bonds. The van der Waals surface area contributed by atoms with E-state index in [1.807, 2.05) is 0 Å². The Hall–Kier alpha value is -3.63. The summed E-state index contributed by atoms with van der Waals surface area (Å²) in [6.45, 7) is 2.08. The molecule has 0 saturated heterocycles. The minimum Gasteiger partial charge on any atom is -0.321 e. The van der Waals surface area contributed by atoms with Gasteiger partial charge in [0.25, 0.3) is 18.2 Å². The van der Waals surface area contributed by atoms with E-state index in [0.29, 0.717) is 27.9 Å². The smallest absolute Gasteiger partial charge is 0.263 e. The molecule has 0 saturated carbocycles. The van der Waals surface area contributed by atoms with Gasteiger partial charge in [-0.3, -0.25) is 14.3 Å². The van der Waals surface area contributed by atoms with Crippen LogP contribution in [0, 0.1) is 11.8 Å². The fraction of sp³-hybridized carbons (Fsp3) is 0.185. The molecule has 174 valence electrons. The number of alkyl halides is 2. The number of hydrogen-bond acceptors (Lipinski definition) is 3. The van der Waals surface area contributed by atoms with E-state index in [1.165, 1.54) is 24.1 Å². The van der Waals surface area contributed by atoms with Gasteiger partial charge in [0, 0.05) is 28.0 Å². The minimum atomic E-state index is -2.55. The highest BCUT2D eigenvalue weighted by atomic mass is 32.2.